The second-order valence-corrected chi connectivity index (χ2v) is 7.92. The normalized spacial score (nSPS) is 19.0. The van der Waals surface area contributed by atoms with Crippen molar-refractivity contribution in [2.45, 2.75) is 18.3 Å². The van der Waals surface area contributed by atoms with Crippen LogP contribution in [0.1, 0.15) is 13.3 Å². The van der Waals surface area contributed by atoms with Crippen molar-refractivity contribution < 1.29 is 17.2 Å². The number of benzene rings is 1. The van der Waals surface area contributed by atoms with Gasteiger partial charge in [-0.05, 0) is 0 Å². The molecule has 0 bridgehead atoms. The van der Waals surface area contributed by atoms with Crippen LogP contribution in [0.5, 0.6) is 0 Å². The van der Waals surface area contributed by atoms with E-state index in [-0.39, 0.29) is 6.61 Å². The zero-order valence-electron chi connectivity index (χ0n) is 9.94. The summed E-state index contributed by atoms with van der Waals surface area (Å²) in [5.74, 6) is 0. The Bertz CT molecular complexity index is 520. The van der Waals surface area contributed by atoms with Gasteiger partial charge in [-0.2, -0.15) is 0 Å². The van der Waals surface area contributed by atoms with Crippen LogP contribution in [0.2, 0.25) is 0 Å². The van der Waals surface area contributed by atoms with Gasteiger partial charge in [0.05, 0.1) is 0 Å². The molecule has 0 radical (unpaired) electrons. The summed E-state index contributed by atoms with van der Waals surface area (Å²) in [5.41, 5.74) is 1.23. The molecule has 100 valence electrons. The minimum atomic E-state index is -4.31. The Morgan fingerprint density at radius 1 is 1.44 bits per heavy atom. The first-order valence-corrected chi connectivity index (χ1v) is 8.82. The quantitative estimate of drug-likeness (QED) is 0.479. The fourth-order valence-electron chi connectivity index (χ4n) is 1.94. The van der Waals surface area contributed by atoms with E-state index in [0.29, 0.717) is 26.3 Å². The van der Waals surface area contributed by atoms with E-state index in [4.69, 9.17) is 4.55 Å². The molecule has 0 fully saturated rings. The van der Waals surface area contributed by atoms with Gasteiger partial charge in [-0.3, -0.25) is 0 Å². The fraction of sp³-hybridized carbons (Fsp3) is 0.455. The van der Waals surface area contributed by atoms with Crippen molar-refractivity contribution in [1.82, 2.24) is 0 Å². The van der Waals surface area contributed by atoms with Gasteiger partial charge >= 0.3 is 113 Å². The summed E-state index contributed by atoms with van der Waals surface area (Å²) in [5, 5.41) is 0. The topological polar surface area (TPSA) is 66.8 Å². The van der Waals surface area contributed by atoms with Crippen LogP contribution in [0.25, 0.3) is 0 Å². The molecule has 1 aromatic carbocycles. The summed E-state index contributed by atoms with van der Waals surface area (Å²) in [6.45, 7) is 2.91. The summed E-state index contributed by atoms with van der Waals surface area (Å²) in [6.07, 6.45) is 0.564. The van der Waals surface area contributed by atoms with Crippen molar-refractivity contribution in [2.75, 3.05) is 18.1 Å². The number of hydrogen-bond donors (Lipinski definition) is 1. The zero-order chi connectivity index (χ0) is 13.2. The van der Waals surface area contributed by atoms with Crippen molar-refractivity contribution in [3.8, 4) is 0 Å². The fourth-order valence-corrected chi connectivity index (χ4v) is 4.74. The van der Waals surface area contributed by atoms with Crippen molar-refractivity contribution in [1.29, 1.82) is 0 Å². The summed E-state index contributed by atoms with van der Waals surface area (Å²) in [4.78, 5) is 2.74. The molecule has 18 heavy (non-hydrogen) atoms. The van der Waals surface area contributed by atoms with Crippen molar-refractivity contribution in [2.24, 2.45) is 0 Å². The van der Waals surface area contributed by atoms with E-state index in [1.54, 1.807) is 0 Å². The van der Waals surface area contributed by atoms with Gasteiger partial charge in [0.15, 0.2) is 0 Å². The first kappa shape index (κ1) is 13.8. The first-order chi connectivity index (χ1) is 8.47. The van der Waals surface area contributed by atoms with E-state index >= 15 is 0 Å². The van der Waals surface area contributed by atoms with Gasteiger partial charge < -0.3 is 0 Å². The van der Waals surface area contributed by atoms with Crippen LogP contribution < -0.4 is 9.36 Å². The van der Waals surface area contributed by atoms with Crippen LogP contribution in [-0.4, -0.2) is 46.0 Å². The first-order valence-electron chi connectivity index (χ1n) is 5.61. The standard InChI is InChI=1S/C11H15NO4SSe/c1-9-12(7-4-8-16-17(13,14)15)10-5-2-3-6-11(10)18-9/h2-3,5-6,9H,4,7-8H2,1H3,(H,13,14,15). The van der Waals surface area contributed by atoms with E-state index in [0.717, 1.165) is 6.54 Å². The van der Waals surface area contributed by atoms with E-state index in [1.165, 1.54) is 10.1 Å². The molecule has 1 aromatic rings. The van der Waals surface area contributed by atoms with Crippen LogP contribution in [0.3, 0.4) is 0 Å². The van der Waals surface area contributed by atoms with Crippen molar-refractivity contribution in [3.63, 3.8) is 0 Å². The molecule has 0 amide bonds. The molecule has 5 nitrogen and oxygen atoms in total. The van der Waals surface area contributed by atoms with Crippen LogP contribution in [0, 0.1) is 0 Å². The summed E-state index contributed by atoms with van der Waals surface area (Å²) in [6, 6.07) is 8.28. The molecular weight excluding hydrogens is 321 g/mol. The number of hydrogen-bond acceptors (Lipinski definition) is 4. The predicted molar refractivity (Wildman–Crippen MR) is 70.8 cm³/mol. The second kappa shape index (κ2) is 5.59. The third kappa shape index (κ3) is 3.46. The van der Waals surface area contributed by atoms with Crippen LogP contribution in [-0.2, 0) is 14.6 Å². The Morgan fingerprint density at radius 2 is 2.17 bits per heavy atom. The Labute approximate surface area is 113 Å². The molecular formula is C11H15NO4SSe. The van der Waals surface area contributed by atoms with Crippen molar-refractivity contribution in [3.05, 3.63) is 24.3 Å². The van der Waals surface area contributed by atoms with Crippen LogP contribution >= 0.6 is 0 Å². The van der Waals surface area contributed by atoms with Crippen LogP contribution in [0.15, 0.2) is 24.3 Å². The molecule has 1 atom stereocenters. The number of rotatable bonds is 5. The molecule has 1 N–H and O–H groups in total. The van der Waals surface area contributed by atoms with Crippen molar-refractivity contribution >= 4 is 35.5 Å². The van der Waals surface area contributed by atoms with Gasteiger partial charge in [0, 0.05) is 0 Å². The number of nitrogens with zero attached hydrogens (tertiary/aromatic N) is 1. The molecule has 1 aliphatic rings. The maximum absolute atomic E-state index is 10.4. The molecule has 0 saturated carbocycles. The third-order valence-corrected chi connectivity index (χ3v) is 5.66. The van der Waals surface area contributed by atoms with Gasteiger partial charge in [0.25, 0.3) is 0 Å². The predicted octanol–water partition coefficient (Wildman–Crippen LogP) is 0.392. The number of anilines is 1. The van der Waals surface area contributed by atoms with E-state index in [2.05, 4.69) is 28.1 Å². The Morgan fingerprint density at radius 3 is 2.89 bits per heavy atom. The molecule has 1 aliphatic heterocycles. The molecule has 0 aliphatic carbocycles. The van der Waals surface area contributed by atoms with Gasteiger partial charge in [0.2, 0.25) is 0 Å². The van der Waals surface area contributed by atoms with Gasteiger partial charge in [-0.15, -0.1) is 0 Å². The molecule has 0 saturated heterocycles. The molecule has 0 aromatic heterocycles. The maximum atomic E-state index is 10.4. The average molecular weight is 336 g/mol. The SMILES string of the molecule is CC1[Se]c2ccccc2N1CCCOS(=O)(=O)O. The van der Waals surface area contributed by atoms with E-state index < -0.39 is 10.4 Å². The van der Waals surface area contributed by atoms with E-state index in [1.807, 2.05) is 12.1 Å². The van der Waals surface area contributed by atoms with Gasteiger partial charge in [-0.25, -0.2) is 0 Å². The minimum absolute atomic E-state index is 0.0111. The number of para-hydroxylation sites is 1. The average Bonchev–Trinajstić information content (AvgIpc) is 2.59. The molecule has 7 heteroatoms. The third-order valence-electron chi connectivity index (χ3n) is 2.69. The zero-order valence-corrected chi connectivity index (χ0v) is 12.5. The number of fused-ring (bicyclic) bond motifs is 1. The second-order valence-electron chi connectivity index (χ2n) is 3.98. The van der Waals surface area contributed by atoms with Crippen LogP contribution in [0.4, 0.5) is 5.69 Å². The van der Waals surface area contributed by atoms with Gasteiger partial charge in [-0.1, -0.05) is 0 Å². The molecule has 1 unspecified atom stereocenters. The van der Waals surface area contributed by atoms with E-state index in [9.17, 15) is 8.42 Å². The molecule has 1 heterocycles. The Hall–Kier alpha value is -0.591. The van der Waals surface area contributed by atoms with Gasteiger partial charge in [0.1, 0.15) is 0 Å². The monoisotopic (exact) mass is 337 g/mol. The molecule has 2 rings (SSSR count). The summed E-state index contributed by atoms with van der Waals surface area (Å²) >= 11 is 0.431. The summed E-state index contributed by atoms with van der Waals surface area (Å²) in [7, 11) is -4.31. The Kier molecular flexibility index (Phi) is 4.29. The Balaban J connectivity index is 1.90. The molecule has 0 spiro atoms. The summed E-state index contributed by atoms with van der Waals surface area (Å²) < 4.78 is 35.0.